The molecule has 1 saturated carbocycles. The van der Waals surface area contributed by atoms with Gasteiger partial charge in [0, 0.05) is 37.2 Å². The SMILES string of the molecule is Cn1nc(C2CCCOC2)cc1NC(=O)N(Cc1ccoc1)C1CC1. The number of urea groups is 1. The van der Waals surface area contributed by atoms with E-state index < -0.39 is 0 Å². The second kappa shape index (κ2) is 6.92. The van der Waals surface area contributed by atoms with E-state index in [0.717, 1.165) is 49.4 Å². The third-order valence-corrected chi connectivity index (χ3v) is 4.89. The van der Waals surface area contributed by atoms with Gasteiger partial charge in [0.2, 0.25) is 0 Å². The van der Waals surface area contributed by atoms with Crippen molar-refractivity contribution >= 4 is 11.8 Å². The van der Waals surface area contributed by atoms with Crippen molar-refractivity contribution in [1.82, 2.24) is 14.7 Å². The molecule has 134 valence electrons. The Hall–Kier alpha value is -2.28. The normalized spacial score (nSPS) is 20.4. The number of hydrogen-bond donors (Lipinski definition) is 1. The first-order valence-corrected chi connectivity index (χ1v) is 8.91. The van der Waals surface area contributed by atoms with Crippen LogP contribution in [0, 0.1) is 0 Å². The van der Waals surface area contributed by atoms with E-state index in [0.29, 0.717) is 25.1 Å². The number of aromatic nitrogens is 2. The molecule has 0 spiro atoms. The van der Waals surface area contributed by atoms with Crippen LogP contribution in [0.3, 0.4) is 0 Å². The van der Waals surface area contributed by atoms with Crippen LogP contribution in [0.5, 0.6) is 0 Å². The van der Waals surface area contributed by atoms with Gasteiger partial charge in [-0.1, -0.05) is 0 Å². The number of nitrogens with one attached hydrogen (secondary N) is 1. The van der Waals surface area contributed by atoms with Crippen molar-refractivity contribution in [3.63, 3.8) is 0 Å². The minimum Gasteiger partial charge on any atom is -0.472 e. The smallest absolute Gasteiger partial charge is 0.323 e. The third-order valence-electron chi connectivity index (χ3n) is 4.89. The molecule has 1 atom stereocenters. The van der Waals surface area contributed by atoms with Crippen LogP contribution < -0.4 is 5.32 Å². The van der Waals surface area contributed by atoms with Crippen LogP contribution in [0.4, 0.5) is 10.6 Å². The summed E-state index contributed by atoms with van der Waals surface area (Å²) in [4.78, 5) is 14.7. The van der Waals surface area contributed by atoms with Crippen LogP contribution in [0.25, 0.3) is 0 Å². The average molecular weight is 344 g/mol. The molecule has 1 N–H and O–H groups in total. The molecule has 0 bridgehead atoms. The van der Waals surface area contributed by atoms with E-state index in [1.165, 1.54) is 0 Å². The van der Waals surface area contributed by atoms with E-state index in [1.54, 1.807) is 17.2 Å². The van der Waals surface area contributed by atoms with Gasteiger partial charge >= 0.3 is 6.03 Å². The van der Waals surface area contributed by atoms with Gasteiger partial charge in [-0.15, -0.1) is 0 Å². The number of aryl methyl sites for hydroxylation is 1. The largest absolute Gasteiger partial charge is 0.472 e. The maximum Gasteiger partial charge on any atom is 0.323 e. The highest BCUT2D eigenvalue weighted by atomic mass is 16.5. The Morgan fingerprint density at radius 3 is 3.00 bits per heavy atom. The van der Waals surface area contributed by atoms with E-state index in [9.17, 15) is 4.79 Å². The Labute approximate surface area is 146 Å². The molecule has 2 aromatic heterocycles. The lowest BCUT2D eigenvalue weighted by molar-refractivity contribution is 0.0791. The van der Waals surface area contributed by atoms with E-state index in [1.807, 2.05) is 24.1 Å². The summed E-state index contributed by atoms with van der Waals surface area (Å²) in [7, 11) is 1.86. The monoisotopic (exact) mass is 344 g/mol. The van der Waals surface area contributed by atoms with Crippen LogP contribution in [0.15, 0.2) is 29.1 Å². The molecule has 2 fully saturated rings. The van der Waals surface area contributed by atoms with E-state index in [-0.39, 0.29) is 6.03 Å². The fourth-order valence-electron chi connectivity index (χ4n) is 3.29. The van der Waals surface area contributed by atoms with Crippen molar-refractivity contribution in [1.29, 1.82) is 0 Å². The molecule has 2 amide bonds. The lowest BCUT2D eigenvalue weighted by atomic mass is 9.99. The molecule has 1 aliphatic heterocycles. The predicted octanol–water partition coefficient (Wildman–Crippen LogP) is 3.10. The van der Waals surface area contributed by atoms with Crippen molar-refractivity contribution in [3.8, 4) is 0 Å². The Morgan fingerprint density at radius 2 is 2.32 bits per heavy atom. The summed E-state index contributed by atoms with van der Waals surface area (Å²) in [5.41, 5.74) is 2.00. The van der Waals surface area contributed by atoms with Crippen molar-refractivity contribution < 1.29 is 13.9 Å². The third kappa shape index (κ3) is 3.71. The van der Waals surface area contributed by atoms with Crippen molar-refractivity contribution in [2.24, 2.45) is 7.05 Å². The molecular weight excluding hydrogens is 320 g/mol. The molecule has 7 heteroatoms. The van der Waals surface area contributed by atoms with Gasteiger partial charge in [-0.05, 0) is 31.7 Å². The molecule has 2 aliphatic rings. The van der Waals surface area contributed by atoms with Crippen molar-refractivity contribution in [2.75, 3.05) is 18.5 Å². The number of carbonyl (C=O) groups excluding carboxylic acids is 1. The number of nitrogens with zero attached hydrogens (tertiary/aromatic N) is 3. The van der Waals surface area contributed by atoms with Crippen LogP contribution in [-0.2, 0) is 18.3 Å². The molecule has 7 nitrogen and oxygen atoms in total. The zero-order chi connectivity index (χ0) is 17.2. The Kier molecular flexibility index (Phi) is 4.48. The number of furan rings is 1. The minimum atomic E-state index is -0.0851. The van der Waals surface area contributed by atoms with Crippen molar-refractivity contribution in [3.05, 3.63) is 35.9 Å². The van der Waals surface area contributed by atoms with E-state index in [2.05, 4.69) is 10.4 Å². The van der Waals surface area contributed by atoms with Crippen LogP contribution in [-0.4, -0.2) is 40.0 Å². The maximum atomic E-state index is 12.8. The number of hydrogen-bond acceptors (Lipinski definition) is 4. The summed E-state index contributed by atoms with van der Waals surface area (Å²) in [6.07, 6.45) is 7.58. The fourth-order valence-corrected chi connectivity index (χ4v) is 3.29. The topological polar surface area (TPSA) is 72.5 Å². The van der Waals surface area contributed by atoms with Gasteiger partial charge < -0.3 is 14.1 Å². The Balaban J connectivity index is 1.44. The highest BCUT2D eigenvalue weighted by molar-refractivity contribution is 5.89. The van der Waals surface area contributed by atoms with E-state index in [4.69, 9.17) is 9.15 Å². The number of carbonyl (C=O) groups is 1. The first kappa shape index (κ1) is 16.2. The average Bonchev–Trinajstić information content (AvgIpc) is 3.21. The second-order valence-corrected chi connectivity index (χ2v) is 6.91. The molecule has 1 saturated heterocycles. The molecule has 25 heavy (non-hydrogen) atoms. The summed E-state index contributed by atoms with van der Waals surface area (Å²) in [5.74, 6) is 1.04. The maximum absolute atomic E-state index is 12.8. The second-order valence-electron chi connectivity index (χ2n) is 6.91. The predicted molar refractivity (Wildman–Crippen MR) is 92.3 cm³/mol. The summed E-state index contributed by atoms with van der Waals surface area (Å²) in [6.45, 7) is 2.10. The quantitative estimate of drug-likeness (QED) is 0.904. The number of ether oxygens (including phenoxy) is 1. The molecule has 1 unspecified atom stereocenters. The summed E-state index contributed by atoms with van der Waals surface area (Å²) >= 11 is 0. The lowest BCUT2D eigenvalue weighted by Crippen LogP contribution is -2.36. The van der Waals surface area contributed by atoms with Crippen molar-refractivity contribution in [2.45, 2.75) is 44.2 Å². The van der Waals surface area contributed by atoms with Crippen LogP contribution in [0.2, 0.25) is 0 Å². The van der Waals surface area contributed by atoms with Crippen LogP contribution in [0.1, 0.15) is 42.9 Å². The number of amides is 2. The van der Waals surface area contributed by atoms with Crippen LogP contribution >= 0.6 is 0 Å². The molecule has 0 radical (unpaired) electrons. The standard InChI is InChI=1S/C18H24N4O3/c1-21-17(9-16(20-21)14-3-2-7-24-12-14)19-18(23)22(15-4-5-15)10-13-6-8-25-11-13/h6,8-9,11,14-15H,2-5,7,10,12H2,1H3,(H,19,23). The van der Waals surface area contributed by atoms with Gasteiger partial charge in [0.05, 0.1) is 31.4 Å². The Morgan fingerprint density at radius 1 is 1.44 bits per heavy atom. The highest BCUT2D eigenvalue weighted by Gasteiger charge is 2.33. The van der Waals surface area contributed by atoms with Gasteiger partial charge in [0.25, 0.3) is 0 Å². The zero-order valence-electron chi connectivity index (χ0n) is 14.5. The lowest BCUT2D eigenvalue weighted by Gasteiger charge is -2.22. The molecule has 1 aliphatic carbocycles. The molecule has 4 rings (SSSR count). The molecular formula is C18H24N4O3. The highest BCUT2D eigenvalue weighted by Crippen LogP contribution is 2.30. The minimum absolute atomic E-state index is 0.0851. The summed E-state index contributed by atoms with van der Waals surface area (Å²) in [5, 5.41) is 7.59. The van der Waals surface area contributed by atoms with E-state index >= 15 is 0 Å². The number of anilines is 1. The molecule has 2 aromatic rings. The molecule has 0 aromatic carbocycles. The summed E-state index contributed by atoms with van der Waals surface area (Å²) in [6, 6.07) is 4.10. The van der Waals surface area contributed by atoms with Gasteiger partial charge in [0.1, 0.15) is 5.82 Å². The summed E-state index contributed by atoms with van der Waals surface area (Å²) < 4.78 is 12.4. The molecule has 3 heterocycles. The first-order chi connectivity index (χ1) is 12.2. The zero-order valence-corrected chi connectivity index (χ0v) is 14.5. The first-order valence-electron chi connectivity index (χ1n) is 8.91. The van der Waals surface area contributed by atoms with Gasteiger partial charge in [-0.2, -0.15) is 5.10 Å². The van der Waals surface area contributed by atoms with Gasteiger partial charge in [-0.3, -0.25) is 10.00 Å². The van der Waals surface area contributed by atoms with Gasteiger partial charge in [-0.25, -0.2) is 4.79 Å². The fraction of sp³-hybridized carbons (Fsp3) is 0.556. The Bertz CT molecular complexity index is 715. The van der Waals surface area contributed by atoms with Gasteiger partial charge in [0.15, 0.2) is 0 Å². The number of rotatable bonds is 5.